The van der Waals surface area contributed by atoms with E-state index in [0.29, 0.717) is 0 Å². The first-order valence-electron chi connectivity index (χ1n) is 3.84. The number of nitrogens with zero attached hydrogens (tertiary/aromatic N) is 2. The standard InChI is InChI=1S/C7H12N2OS/c1-2-3-4-5-6-8-7(10)9-11-6/h2-5H2,1H3,(H,9,10). The Kier molecular flexibility index (Phi) is 3.29. The van der Waals surface area contributed by atoms with E-state index in [0.717, 1.165) is 17.8 Å². The molecule has 0 aromatic carbocycles. The number of aromatic nitrogens is 2. The molecule has 0 aliphatic heterocycles. The molecule has 0 atom stereocenters. The summed E-state index contributed by atoms with van der Waals surface area (Å²) in [5.41, 5.74) is 0. The summed E-state index contributed by atoms with van der Waals surface area (Å²) >= 11 is 1.29. The van der Waals surface area contributed by atoms with Gasteiger partial charge in [-0.15, -0.1) is 4.37 Å². The summed E-state index contributed by atoms with van der Waals surface area (Å²) in [6, 6.07) is -0.0819. The monoisotopic (exact) mass is 172 g/mol. The van der Waals surface area contributed by atoms with E-state index in [1.807, 2.05) is 0 Å². The summed E-state index contributed by atoms with van der Waals surface area (Å²) in [5, 5.41) is 9.74. The van der Waals surface area contributed by atoms with Gasteiger partial charge in [0.25, 0.3) is 0 Å². The number of aryl methyl sites for hydroxylation is 1. The molecule has 1 heterocycles. The summed E-state index contributed by atoms with van der Waals surface area (Å²) in [7, 11) is 0. The molecule has 3 nitrogen and oxygen atoms in total. The van der Waals surface area contributed by atoms with Crippen molar-refractivity contribution in [2.75, 3.05) is 0 Å². The minimum Gasteiger partial charge on any atom is -0.478 e. The third-order valence-corrected chi connectivity index (χ3v) is 2.21. The van der Waals surface area contributed by atoms with E-state index < -0.39 is 0 Å². The van der Waals surface area contributed by atoms with Gasteiger partial charge in [0.05, 0.1) is 0 Å². The number of aromatic hydroxyl groups is 1. The smallest absolute Gasteiger partial charge is 0.325 e. The van der Waals surface area contributed by atoms with Crippen molar-refractivity contribution in [1.82, 2.24) is 9.36 Å². The lowest BCUT2D eigenvalue weighted by Crippen LogP contribution is -1.82. The predicted octanol–water partition coefficient (Wildman–Crippen LogP) is 1.98. The average Bonchev–Trinajstić information content (AvgIpc) is 2.37. The van der Waals surface area contributed by atoms with Crippen molar-refractivity contribution >= 4 is 11.5 Å². The lowest BCUT2D eigenvalue weighted by Gasteiger charge is -1.91. The number of hydrogen-bond acceptors (Lipinski definition) is 4. The molecule has 0 aliphatic rings. The van der Waals surface area contributed by atoms with Crippen LogP contribution in [0.15, 0.2) is 0 Å². The lowest BCUT2D eigenvalue weighted by molar-refractivity contribution is 0.437. The van der Waals surface area contributed by atoms with Crippen molar-refractivity contribution in [2.45, 2.75) is 32.6 Å². The second-order valence-corrected chi connectivity index (χ2v) is 3.28. The minimum atomic E-state index is -0.0819. The quantitative estimate of drug-likeness (QED) is 0.706. The molecule has 0 fully saturated rings. The molecule has 1 aromatic rings. The number of unbranched alkanes of at least 4 members (excludes halogenated alkanes) is 2. The van der Waals surface area contributed by atoms with E-state index >= 15 is 0 Å². The van der Waals surface area contributed by atoms with E-state index in [-0.39, 0.29) is 6.01 Å². The van der Waals surface area contributed by atoms with Gasteiger partial charge in [0.15, 0.2) is 0 Å². The van der Waals surface area contributed by atoms with Crippen LogP contribution < -0.4 is 0 Å². The molecule has 11 heavy (non-hydrogen) atoms. The lowest BCUT2D eigenvalue weighted by atomic mass is 10.2. The van der Waals surface area contributed by atoms with Crippen LogP contribution in [0.4, 0.5) is 0 Å². The van der Waals surface area contributed by atoms with Gasteiger partial charge in [-0.05, 0) is 18.0 Å². The largest absolute Gasteiger partial charge is 0.478 e. The van der Waals surface area contributed by atoms with Crippen LogP contribution in [-0.4, -0.2) is 14.5 Å². The highest BCUT2D eigenvalue weighted by atomic mass is 32.1. The van der Waals surface area contributed by atoms with Crippen LogP contribution in [-0.2, 0) is 6.42 Å². The zero-order chi connectivity index (χ0) is 8.10. The Bertz CT molecular complexity index is 212. The average molecular weight is 172 g/mol. The molecule has 62 valence electrons. The van der Waals surface area contributed by atoms with Crippen molar-refractivity contribution in [1.29, 1.82) is 0 Å². The SMILES string of the molecule is CCCCCc1nc(O)ns1. The predicted molar refractivity (Wildman–Crippen MR) is 44.8 cm³/mol. The van der Waals surface area contributed by atoms with Gasteiger partial charge in [0.2, 0.25) is 0 Å². The Morgan fingerprint density at radius 3 is 2.82 bits per heavy atom. The van der Waals surface area contributed by atoms with Gasteiger partial charge in [0.1, 0.15) is 5.01 Å². The molecule has 4 heteroatoms. The van der Waals surface area contributed by atoms with Crippen LogP contribution in [0.1, 0.15) is 31.2 Å². The highest BCUT2D eigenvalue weighted by Crippen LogP contribution is 2.12. The van der Waals surface area contributed by atoms with Crippen molar-refractivity contribution < 1.29 is 5.11 Å². The Balaban J connectivity index is 2.27. The van der Waals surface area contributed by atoms with Crippen molar-refractivity contribution in [3.8, 4) is 6.01 Å². The van der Waals surface area contributed by atoms with E-state index in [1.54, 1.807) is 0 Å². The van der Waals surface area contributed by atoms with E-state index in [2.05, 4.69) is 16.3 Å². The zero-order valence-corrected chi connectivity index (χ0v) is 7.39. The number of hydrogen-bond donors (Lipinski definition) is 1. The molecular weight excluding hydrogens is 160 g/mol. The fourth-order valence-electron chi connectivity index (χ4n) is 0.874. The number of rotatable bonds is 4. The van der Waals surface area contributed by atoms with Gasteiger partial charge in [-0.25, -0.2) is 0 Å². The highest BCUT2D eigenvalue weighted by Gasteiger charge is 2.00. The molecule has 0 bridgehead atoms. The first-order valence-corrected chi connectivity index (χ1v) is 4.62. The normalized spacial score (nSPS) is 10.3. The summed E-state index contributed by atoms with van der Waals surface area (Å²) in [6.07, 6.45) is 4.53. The summed E-state index contributed by atoms with van der Waals surface area (Å²) in [6.45, 7) is 2.16. The fraction of sp³-hybridized carbons (Fsp3) is 0.714. The Morgan fingerprint density at radius 1 is 1.45 bits per heavy atom. The first-order chi connectivity index (χ1) is 5.33. The molecule has 0 aliphatic carbocycles. The molecular formula is C7H12N2OS. The Hall–Kier alpha value is -0.640. The third-order valence-electron chi connectivity index (χ3n) is 1.45. The van der Waals surface area contributed by atoms with E-state index in [1.165, 1.54) is 24.4 Å². The van der Waals surface area contributed by atoms with Crippen LogP contribution in [0.3, 0.4) is 0 Å². The second kappa shape index (κ2) is 4.28. The van der Waals surface area contributed by atoms with Gasteiger partial charge in [-0.3, -0.25) is 0 Å². The molecule has 1 rings (SSSR count). The highest BCUT2D eigenvalue weighted by molar-refractivity contribution is 7.05. The van der Waals surface area contributed by atoms with Gasteiger partial charge in [0, 0.05) is 6.42 Å². The molecule has 0 saturated carbocycles. The molecule has 0 saturated heterocycles. The van der Waals surface area contributed by atoms with Crippen LogP contribution >= 0.6 is 11.5 Å². The molecule has 1 aromatic heterocycles. The molecule has 0 spiro atoms. The maximum absolute atomic E-state index is 8.80. The maximum Gasteiger partial charge on any atom is 0.325 e. The topological polar surface area (TPSA) is 46.0 Å². The van der Waals surface area contributed by atoms with Crippen LogP contribution in [0.5, 0.6) is 6.01 Å². The van der Waals surface area contributed by atoms with E-state index in [4.69, 9.17) is 5.11 Å². The van der Waals surface area contributed by atoms with Crippen molar-refractivity contribution in [3.63, 3.8) is 0 Å². The second-order valence-electron chi connectivity index (χ2n) is 2.45. The van der Waals surface area contributed by atoms with Crippen molar-refractivity contribution in [2.24, 2.45) is 0 Å². The summed E-state index contributed by atoms with van der Waals surface area (Å²) < 4.78 is 3.68. The van der Waals surface area contributed by atoms with Crippen LogP contribution in [0, 0.1) is 0 Å². The fourth-order valence-corrected chi connectivity index (χ4v) is 1.46. The Labute approximate surface area is 70.3 Å². The van der Waals surface area contributed by atoms with Gasteiger partial charge in [-0.2, -0.15) is 4.98 Å². The maximum atomic E-state index is 8.80. The zero-order valence-electron chi connectivity index (χ0n) is 6.58. The third kappa shape index (κ3) is 2.84. The Morgan fingerprint density at radius 2 is 2.27 bits per heavy atom. The summed E-state index contributed by atoms with van der Waals surface area (Å²) in [4.78, 5) is 3.85. The van der Waals surface area contributed by atoms with Gasteiger partial charge >= 0.3 is 6.01 Å². The van der Waals surface area contributed by atoms with E-state index in [9.17, 15) is 0 Å². The summed E-state index contributed by atoms with van der Waals surface area (Å²) in [5.74, 6) is 0. The molecule has 0 radical (unpaired) electrons. The molecule has 0 amide bonds. The van der Waals surface area contributed by atoms with Gasteiger partial charge in [-0.1, -0.05) is 19.8 Å². The minimum absolute atomic E-state index is 0.0819. The molecule has 0 unspecified atom stereocenters. The van der Waals surface area contributed by atoms with Crippen LogP contribution in [0.2, 0.25) is 0 Å². The van der Waals surface area contributed by atoms with Crippen molar-refractivity contribution in [3.05, 3.63) is 5.01 Å². The molecule has 1 N–H and O–H groups in total. The van der Waals surface area contributed by atoms with Crippen LogP contribution in [0.25, 0.3) is 0 Å². The first kappa shape index (κ1) is 8.46. The van der Waals surface area contributed by atoms with Gasteiger partial charge < -0.3 is 5.11 Å².